The second-order valence-electron chi connectivity index (χ2n) is 6.92. The highest BCUT2D eigenvalue weighted by molar-refractivity contribution is 5.98. The average molecular weight is 361 g/mol. The quantitative estimate of drug-likeness (QED) is 0.738. The Morgan fingerprint density at radius 2 is 1.78 bits per heavy atom. The number of pyridine rings is 1. The maximum atomic E-state index is 13.2. The highest BCUT2D eigenvalue weighted by atomic mass is 19.1. The molecule has 0 spiro atoms. The number of aryl methyl sites for hydroxylation is 2. The van der Waals surface area contributed by atoms with Gasteiger partial charge in [0, 0.05) is 18.4 Å². The third-order valence-electron chi connectivity index (χ3n) is 4.69. The van der Waals surface area contributed by atoms with Crippen molar-refractivity contribution in [1.29, 1.82) is 0 Å². The van der Waals surface area contributed by atoms with E-state index in [0.29, 0.717) is 17.8 Å². The summed E-state index contributed by atoms with van der Waals surface area (Å²) in [5.74, 6) is -0.370. The Morgan fingerprint density at radius 1 is 1.07 bits per heavy atom. The first-order chi connectivity index (χ1) is 13.0. The zero-order valence-corrected chi connectivity index (χ0v) is 15.2. The van der Waals surface area contributed by atoms with E-state index >= 15 is 0 Å². The van der Waals surface area contributed by atoms with Crippen molar-refractivity contribution in [3.05, 3.63) is 94.6 Å². The fourth-order valence-electron chi connectivity index (χ4n) is 3.55. The molecular formula is C22H20FN3O. The number of amides is 1. The lowest BCUT2D eigenvalue weighted by Crippen LogP contribution is -2.32. The molecule has 2 heterocycles. The van der Waals surface area contributed by atoms with Gasteiger partial charge in [0.15, 0.2) is 0 Å². The molecule has 1 amide bonds. The Labute approximate surface area is 157 Å². The van der Waals surface area contributed by atoms with Crippen LogP contribution in [0.5, 0.6) is 0 Å². The normalized spacial score (nSPS) is 15.7. The predicted molar refractivity (Wildman–Crippen MR) is 103 cm³/mol. The van der Waals surface area contributed by atoms with E-state index in [-0.39, 0.29) is 17.9 Å². The number of nitrogens with one attached hydrogen (secondary N) is 1. The number of anilines is 1. The molecule has 27 heavy (non-hydrogen) atoms. The van der Waals surface area contributed by atoms with E-state index in [9.17, 15) is 9.18 Å². The smallest absolute Gasteiger partial charge is 0.258 e. The van der Waals surface area contributed by atoms with Gasteiger partial charge in [-0.05, 0) is 66.9 Å². The van der Waals surface area contributed by atoms with Crippen molar-refractivity contribution in [2.75, 3.05) is 5.32 Å². The topological polar surface area (TPSA) is 45.2 Å². The van der Waals surface area contributed by atoms with E-state index in [1.165, 1.54) is 12.1 Å². The molecule has 1 unspecified atom stereocenters. The van der Waals surface area contributed by atoms with Gasteiger partial charge in [0.25, 0.3) is 5.91 Å². The molecule has 1 N–H and O–H groups in total. The number of aromatic nitrogens is 1. The minimum Gasteiger partial charge on any atom is -0.360 e. The van der Waals surface area contributed by atoms with Crippen molar-refractivity contribution < 1.29 is 9.18 Å². The van der Waals surface area contributed by atoms with E-state index in [4.69, 9.17) is 0 Å². The molecule has 0 fully saturated rings. The number of carbonyl (C=O) groups excluding carboxylic acids is 1. The summed E-state index contributed by atoms with van der Waals surface area (Å²) in [6, 6.07) is 16.0. The molecule has 0 saturated heterocycles. The molecule has 1 atom stereocenters. The van der Waals surface area contributed by atoms with Gasteiger partial charge >= 0.3 is 0 Å². The third kappa shape index (κ3) is 3.40. The van der Waals surface area contributed by atoms with Gasteiger partial charge in [-0.2, -0.15) is 0 Å². The van der Waals surface area contributed by atoms with Crippen LogP contribution in [0.25, 0.3) is 0 Å². The molecule has 2 aromatic carbocycles. The van der Waals surface area contributed by atoms with Crippen LogP contribution in [0.2, 0.25) is 0 Å². The molecular weight excluding hydrogens is 341 g/mol. The minimum atomic E-state index is -0.375. The maximum absolute atomic E-state index is 13.2. The summed E-state index contributed by atoms with van der Waals surface area (Å²) in [4.78, 5) is 19.2. The van der Waals surface area contributed by atoms with Crippen LogP contribution in [0.3, 0.4) is 0 Å². The fraction of sp³-hybridized carbons (Fsp3) is 0.182. The molecule has 5 heteroatoms. The molecule has 1 aliphatic rings. The summed E-state index contributed by atoms with van der Waals surface area (Å²) >= 11 is 0. The first kappa shape index (κ1) is 17.2. The maximum Gasteiger partial charge on any atom is 0.258 e. The Kier molecular flexibility index (Phi) is 4.36. The zero-order valence-electron chi connectivity index (χ0n) is 15.2. The Balaban J connectivity index is 1.69. The number of benzene rings is 2. The molecule has 0 saturated carbocycles. The van der Waals surface area contributed by atoms with Crippen molar-refractivity contribution in [1.82, 2.24) is 9.88 Å². The first-order valence-corrected chi connectivity index (χ1v) is 8.86. The van der Waals surface area contributed by atoms with Gasteiger partial charge < -0.3 is 10.2 Å². The van der Waals surface area contributed by atoms with Crippen LogP contribution >= 0.6 is 0 Å². The summed E-state index contributed by atoms with van der Waals surface area (Å²) in [5.41, 5.74) is 5.41. The number of hydrogen-bond acceptors (Lipinski definition) is 3. The van der Waals surface area contributed by atoms with Crippen molar-refractivity contribution in [3.8, 4) is 0 Å². The lowest BCUT2D eigenvalue weighted by atomic mass is 10.1. The summed E-state index contributed by atoms with van der Waals surface area (Å²) in [6.07, 6.45) is 1.32. The molecule has 0 aliphatic carbocycles. The highest BCUT2D eigenvalue weighted by Crippen LogP contribution is 2.34. The molecule has 0 bridgehead atoms. The van der Waals surface area contributed by atoms with Gasteiger partial charge in [0.1, 0.15) is 12.0 Å². The van der Waals surface area contributed by atoms with Crippen molar-refractivity contribution in [2.24, 2.45) is 0 Å². The Morgan fingerprint density at radius 3 is 2.48 bits per heavy atom. The molecule has 1 aliphatic heterocycles. The number of rotatable bonds is 4. The minimum absolute atomic E-state index is 0.0794. The summed E-state index contributed by atoms with van der Waals surface area (Å²) in [6.45, 7) is 4.46. The molecule has 3 aromatic rings. The number of fused-ring (bicyclic) bond motifs is 1. The lowest BCUT2D eigenvalue weighted by molar-refractivity contribution is 0.0728. The zero-order chi connectivity index (χ0) is 19.0. The number of hydrogen-bond donors (Lipinski definition) is 1. The van der Waals surface area contributed by atoms with E-state index in [1.54, 1.807) is 35.4 Å². The SMILES string of the molecule is Cc1cc(C)cc(NC2c3ncccc3C(=O)N2Cc2ccc(F)cc2)c1. The van der Waals surface area contributed by atoms with Crippen LogP contribution in [-0.4, -0.2) is 15.8 Å². The van der Waals surface area contributed by atoms with Crippen molar-refractivity contribution >= 4 is 11.6 Å². The molecule has 1 aromatic heterocycles. The first-order valence-electron chi connectivity index (χ1n) is 8.86. The van der Waals surface area contributed by atoms with Gasteiger partial charge in [-0.3, -0.25) is 9.78 Å². The standard InChI is InChI=1S/C22H20FN3O/c1-14-10-15(2)12-18(11-14)25-21-20-19(4-3-9-24-20)22(27)26(21)13-16-5-7-17(23)8-6-16/h3-12,21,25H,13H2,1-2H3. The van der Waals surface area contributed by atoms with E-state index in [2.05, 4.69) is 28.5 Å². The molecule has 136 valence electrons. The monoisotopic (exact) mass is 361 g/mol. The molecule has 0 radical (unpaired) electrons. The van der Waals surface area contributed by atoms with Crippen LogP contribution in [-0.2, 0) is 6.54 Å². The predicted octanol–water partition coefficient (Wildman–Crippen LogP) is 4.60. The van der Waals surface area contributed by atoms with E-state index < -0.39 is 0 Å². The van der Waals surface area contributed by atoms with Crippen LogP contribution in [0, 0.1) is 19.7 Å². The van der Waals surface area contributed by atoms with Crippen LogP contribution < -0.4 is 5.32 Å². The van der Waals surface area contributed by atoms with Crippen LogP contribution in [0.1, 0.15) is 38.9 Å². The average Bonchev–Trinajstić information content (AvgIpc) is 2.89. The van der Waals surface area contributed by atoms with Gasteiger partial charge in [-0.15, -0.1) is 0 Å². The number of carbonyl (C=O) groups is 1. The molecule has 4 rings (SSSR count). The highest BCUT2D eigenvalue weighted by Gasteiger charge is 2.37. The fourth-order valence-corrected chi connectivity index (χ4v) is 3.55. The summed E-state index contributed by atoms with van der Waals surface area (Å²) in [7, 11) is 0. The van der Waals surface area contributed by atoms with Gasteiger partial charge in [0.05, 0.1) is 11.3 Å². The Hall–Kier alpha value is -3.21. The number of nitrogens with zero attached hydrogens (tertiary/aromatic N) is 2. The van der Waals surface area contributed by atoms with Gasteiger partial charge in [-0.25, -0.2) is 4.39 Å². The molecule has 4 nitrogen and oxygen atoms in total. The van der Waals surface area contributed by atoms with Crippen molar-refractivity contribution in [2.45, 2.75) is 26.6 Å². The van der Waals surface area contributed by atoms with Crippen molar-refractivity contribution in [3.63, 3.8) is 0 Å². The Bertz CT molecular complexity index is 980. The van der Waals surface area contributed by atoms with Gasteiger partial charge in [-0.1, -0.05) is 18.2 Å². The summed E-state index contributed by atoms with van der Waals surface area (Å²) in [5, 5.41) is 3.46. The largest absolute Gasteiger partial charge is 0.360 e. The second kappa shape index (κ2) is 6.83. The van der Waals surface area contributed by atoms with Crippen LogP contribution in [0.15, 0.2) is 60.8 Å². The lowest BCUT2D eigenvalue weighted by Gasteiger charge is -2.27. The third-order valence-corrected chi connectivity index (χ3v) is 4.69. The van der Waals surface area contributed by atoms with E-state index in [1.807, 2.05) is 13.8 Å². The van der Waals surface area contributed by atoms with E-state index in [0.717, 1.165) is 22.4 Å². The second-order valence-corrected chi connectivity index (χ2v) is 6.92. The summed E-state index contributed by atoms with van der Waals surface area (Å²) < 4.78 is 13.2. The van der Waals surface area contributed by atoms with Crippen LogP contribution in [0.4, 0.5) is 10.1 Å². The number of halogens is 1. The van der Waals surface area contributed by atoms with Gasteiger partial charge in [0.2, 0.25) is 0 Å².